The topological polar surface area (TPSA) is 37.5 Å². The van der Waals surface area contributed by atoms with E-state index in [4.69, 9.17) is 11.6 Å². The highest BCUT2D eigenvalue weighted by Gasteiger charge is 2.07. The first kappa shape index (κ1) is 8.53. The zero-order valence-electron chi connectivity index (χ0n) is 7.11. The molecule has 2 aromatic rings. The first-order valence-electron chi connectivity index (χ1n) is 3.99. The van der Waals surface area contributed by atoms with Crippen molar-refractivity contribution in [3.8, 4) is 0 Å². The molecule has 1 atom stereocenters. The van der Waals surface area contributed by atoms with Gasteiger partial charge in [0.25, 0.3) is 0 Å². The average Bonchev–Trinajstić information content (AvgIpc) is 2.46. The molecule has 13 heavy (non-hydrogen) atoms. The Morgan fingerprint density at radius 3 is 3.08 bits per heavy atom. The van der Waals surface area contributed by atoms with Crippen LogP contribution in [0.5, 0.6) is 0 Å². The number of fused-ring (bicyclic) bond motifs is 1. The lowest BCUT2D eigenvalue weighted by molar-refractivity contribution is 0.193. The van der Waals surface area contributed by atoms with Crippen LogP contribution >= 0.6 is 11.6 Å². The summed E-state index contributed by atoms with van der Waals surface area (Å²) < 4.78 is 1.82. The smallest absolute Gasteiger partial charge is 0.138 e. The number of aromatic nitrogens is 2. The van der Waals surface area contributed by atoms with E-state index in [2.05, 4.69) is 4.98 Å². The molecule has 0 aliphatic heterocycles. The molecular weight excluding hydrogens is 188 g/mol. The molecule has 0 saturated carbocycles. The maximum Gasteiger partial charge on any atom is 0.138 e. The minimum atomic E-state index is -0.517. The Bertz CT molecular complexity index is 436. The van der Waals surface area contributed by atoms with E-state index in [0.717, 1.165) is 11.3 Å². The number of nitrogens with zero attached hydrogens (tertiary/aromatic N) is 2. The van der Waals surface area contributed by atoms with E-state index in [0.29, 0.717) is 5.02 Å². The summed E-state index contributed by atoms with van der Waals surface area (Å²) in [4.78, 5) is 4.12. The Labute approximate surface area is 80.6 Å². The van der Waals surface area contributed by atoms with Gasteiger partial charge in [0.1, 0.15) is 5.65 Å². The summed E-state index contributed by atoms with van der Waals surface area (Å²) in [7, 11) is 0. The highest BCUT2D eigenvalue weighted by atomic mass is 35.5. The highest BCUT2D eigenvalue weighted by Crippen LogP contribution is 2.17. The van der Waals surface area contributed by atoms with Gasteiger partial charge in [0, 0.05) is 11.2 Å². The van der Waals surface area contributed by atoms with Crippen LogP contribution in [0.3, 0.4) is 0 Å². The van der Waals surface area contributed by atoms with Crippen molar-refractivity contribution in [2.75, 3.05) is 0 Å². The predicted octanol–water partition coefficient (Wildman–Crippen LogP) is 2.04. The number of aliphatic hydroxyl groups is 1. The second-order valence-electron chi connectivity index (χ2n) is 2.93. The molecule has 0 aliphatic rings. The van der Waals surface area contributed by atoms with Crippen molar-refractivity contribution >= 4 is 17.2 Å². The summed E-state index contributed by atoms with van der Waals surface area (Å²) in [5, 5.41) is 10.0. The third kappa shape index (κ3) is 1.41. The molecule has 1 N–H and O–H groups in total. The maximum atomic E-state index is 9.39. The van der Waals surface area contributed by atoms with Crippen LogP contribution in [-0.2, 0) is 0 Å². The lowest BCUT2D eigenvalue weighted by Gasteiger charge is -2.03. The molecule has 2 heterocycles. The third-order valence-corrected chi connectivity index (χ3v) is 2.17. The number of rotatable bonds is 1. The van der Waals surface area contributed by atoms with Crippen LogP contribution in [0.15, 0.2) is 24.5 Å². The van der Waals surface area contributed by atoms with E-state index in [1.807, 2.05) is 4.40 Å². The van der Waals surface area contributed by atoms with E-state index >= 15 is 0 Å². The number of aliphatic hydroxyl groups excluding tert-OH is 1. The third-order valence-electron chi connectivity index (χ3n) is 1.93. The molecule has 2 aromatic heterocycles. The van der Waals surface area contributed by atoms with Crippen molar-refractivity contribution in [3.63, 3.8) is 0 Å². The van der Waals surface area contributed by atoms with Crippen LogP contribution in [0.2, 0.25) is 5.02 Å². The van der Waals surface area contributed by atoms with Gasteiger partial charge in [-0.15, -0.1) is 0 Å². The fourth-order valence-corrected chi connectivity index (χ4v) is 1.44. The van der Waals surface area contributed by atoms with Crippen molar-refractivity contribution in [1.29, 1.82) is 0 Å². The van der Waals surface area contributed by atoms with Crippen molar-refractivity contribution in [1.82, 2.24) is 9.38 Å². The molecule has 2 rings (SSSR count). The van der Waals surface area contributed by atoms with Crippen LogP contribution in [0.4, 0.5) is 0 Å². The maximum absolute atomic E-state index is 9.39. The van der Waals surface area contributed by atoms with Gasteiger partial charge < -0.3 is 9.51 Å². The molecular formula is C9H9ClN2O. The number of halogens is 1. The van der Waals surface area contributed by atoms with Crippen LogP contribution in [0.1, 0.15) is 18.7 Å². The molecule has 0 aromatic carbocycles. The Kier molecular flexibility index (Phi) is 1.98. The number of hydrogen-bond donors (Lipinski definition) is 1. The summed E-state index contributed by atoms with van der Waals surface area (Å²) in [6.45, 7) is 1.71. The van der Waals surface area contributed by atoms with E-state index in [-0.39, 0.29) is 0 Å². The highest BCUT2D eigenvalue weighted by molar-refractivity contribution is 6.30. The molecule has 0 saturated heterocycles. The number of imidazole rings is 1. The van der Waals surface area contributed by atoms with Gasteiger partial charge in [-0.25, -0.2) is 4.98 Å². The molecule has 0 amide bonds. The first-order chi connectivity index (χ1) is 6.18. The van der Waals surface area contributed by atoms with Gasteiger partial charge in [-0.3, -0.25) is 0 Å². The van der Waals surface area contributed by atoms with Crippen molar-refractivity contribution in [3.05, 3.63) is 35.2 Å². The zero-order chi connectivity index (χ0) is 9.42. The predicted molar refractivity (Wildman–Crippen MR) is 50.8 cm³/mol. The molecule has 3 nitrogen and oxygen atoms in total. The van der Waals surface area contributed by atoms with Gasteiger partial charge in [0.05, 0.1) is 18.0 Å². The van der Waals surface area contributed by atoms with E-state index in [1.165, 1.54) is 0 Å². The first-order valence-corrected chi connectivity index (χ1v) is 4.37. The molecule has 0 aliphatic carbocycles. The van der Waals surface area contributed by atoms with Gasteiger partial charge in [0.2, 0.25) is 0 Å². The minimum absolute atomic E-state index is 0.517. The van der Waals surface area contributed by atoms with Crippen molar-refractivity contribution in [2.24, 2.45) is 0 Å². The number of pyridine rings is 1. The monoisotopic (exact) mass is 196 g/mol. The standard InChI is InChI=1S/C9H9ClN2O/c1-6(13)8-5-11-9-4-7(10)2-3-12(8)9/h2-6,13H,1H3. The van der Waals surface area contributed by atoms with Gasteiger partial charge >= 0.3 is 0 Å². The van der Waals surface area contributed by atoms with E-state index < -0.39 is 6.10 Å². The van der Waals surface area contributed by atoms with Gasteiger partial charge in [0.15, 0.2) is 0 Å². The quantitative estimate of drug-likeness (QED) is 0.758. The molecule has 68 valence electrons. The van der Waals surface area contributed by atoms with Gasteiger partial charge in [-0.05, 0) is 19.1 Å². The molecule has 4 heteroatoms. The normalized spacial score (nSPS) is 13.5. The largest absolute Gasteiger partial charge is 0.387 e. The molecule has 0 fully saturated rings. The van der Waals surface area contributed by atoms with Crippen LogP contribution < -0.4 is 0 Å². The van der Waals surface area contributed by atoms with Crippen molar-refractivity contribution in [2.45, 2.75) is 13.0 Å². The molecule has 0 radical (unpaired) electrons. The summed E-state index contributed by atoms with van der Waals surface area (Å²) in [5.74, 6) is 0. The minimum Gasteiger partial charge on any atom is -0.387 e. The Hall–Kier alpha value is -1.06. The molecule has 1 unspecified atom stereocenters. The molecule has 0 spiro atoms. The Morgan fingerprint density at radius 2 is 2.38 bits per heavy atom. The summed E-state index contributed by atoms with van der Waals surface area (Å²) >= 11 is 5.79. The Balaban J connectivity index is 2.69. The Morgan fingerprint density at radius 1 is 1.62 bits per heavy atom. The van der Waals surface area contributed by atoms with Gasteiger partial charge in [-0.2, -0.15) is 0 Å². The summed E-state index contributed by atoms with van der Waals surface area (Å²) in [5.41, 5.74) is 1.52. The van der Waals surface area contributed by atoms with Crippen LogP contribution in [0, 0.1) is 0 Å². The van der Waals surface area contributed by atoms with E-state index in [1.54, 1.807) is 31.5 Å². The van der Waals surface area contributed by atoms with Crippen LogP contribution in [-0.4, -0.2) is 14.5 Å². The van der Waals surface area contributed by atoms with Crippen LogP contribution in [0.25, 0.3) is 5.65 Å². The summed E-state index contributed by atoms with van der Waals surface area (Å²) in [6.07, 6.45) is 2.93. The average molecular weight is 197 g/mol. The second kappa shape index (κ2) is 3.01. The van der Waals surface area contributed by atoms with Crippen molar-refractivity contribution < 1.29 is 5.11 Å². The fourth-order valence-electron chi connectivity index (χ4n) is 1.28. The SMILES string of the molecule is CC(O)c1cnc2cc(Cl)ccn12. The fraction of sp³-hybridized carbons (Fsp3) is 0.222. The second-order valence-corrected chi connectivity index (χ2v) is 3.37. The van der Waals surface area contributed by atoms with E-state index in [9.17, 15) is 5.11 Å². The molecule has 0 bridgehead atoms. The lowest BCUT2D eigenvalue weighted by Crippen LogP contribution is -1.96. The zero-order valence-corrected chi connectivity index (χ0v) is 7.86. The summed E-state index contributed by atoms with van der Waals surface area (Å²) in [6, 6.07) is 3.52. The van der Waals surface area contributed by atoms with Gasteiger partial charge in [-0.1, -0.05) is 11.6 Å². The lowest BCUT2D eigenvalue weighted by atomic mass is 10.3. The number of hydrogen-bond acceptors (Lipinski definition) is 2.